The number of ether oxygens (including phenoxy) is 2. The van der Waals surface area contributed by atoms with Gasteiger partial charge in [0.1, 0.15) is 36.4 Å². The van der Waals surface area contributed by atoms with Gasteiger partial charge < -0.3 is 14.8 Å². The van der Waals surface area contributed by atoms with E-state index in [0.29, 0.717) is 41.0 Å². The number of carbonyl (C=O) groups is 1. The van der Waals surface area contributed by atoms with Crippen LogP contribution in [-0.2, 0) is 18.0 Å². The number of carbonyl (C=O) groups excluding carboxylic acids is 1. The first-order valence-electron chi connectivity index (χ1n) is 13.5. The van der Waals surface area contributed by atoms with Crippen molar-refractivity contribution in [2.75, 3.05) is 5.32 Å². The molecule has 42 heavy (non-hydrogen) atoms. The maximum atomic E-state index is 13.2. The molecule has 0 fully saturated rings. The molecule has 0 spiro atoms. The van der Waals surface area contributed by atoms with Crippen molar-refractivity contribution in [2.24, 2.45) is 0 Å². The number of amides is 1. The maximum Gasteiger partial charge on any atom is 0.266 e. The van der Waals surface area contributed by atoms with Crippen molar-refractivity contribution in [3.63, 3.8) is 0 Å². The molecule has 0 bridgehead atoms. The molecule has 0 aliphatic rings. The lowest BCUT2D eigenvalue weighted by Gasteiger charge is -2.14. The minimum atomic E-state index is -0.518. The summed E-state index contributed by atoms with van der Waals surface area (Å²) in [5.41, 5.74) is 5.50. The normalized spacial score (nSPS) is 11.1. The third-order valence-corrected chi connectivity index (χ3v) is 7.38. The quantitative estimate of drug-likeness (QED) is 0.141. The number of nitrogens with zero attached hydrogens (tertiary/aromatic N) is 1. The van der Waals surface area contributed by atoms with Crippen LogP contribution in [0.2, 0.25) is 5.02 Å². The Kier molecular flexibility index (Phi) is 8.87. The highest BCUT2D eigenvalue weighted by atomic mass is 35.5. The number of rotatable bonds is 9. The fourth-order valence-corrected chi connectivity index (χ4v) is 4.70. The minimum absolute atomic E-state index is 0.0403. The topological polar surface area (TPSA) is 71.3 Å². The van der Waals surface area contributed by atoms with E-state index in [9.17, 15) is 10.1 Å². The number of nitrogens with one attached hydrogen (secondary N) is 1. The van der Waals surface area contributed by atoms with Crippen molar-refractivity contribution in [2.45, 2.75) is 27.1 Å². The van der Waals surface area contributed by atoms with Crippen LogP contribution in [-0.4, -0.2) is 5.91 Å². The molecule has 0 radical (unpaired) electrons. The van der Waals surface area contributed by atoms with Gasteiger partial charge in [0.2, 0.25) is 0 Å². The number of hydrogen-bond donors (Lipinski definition) is 1. The summed E-state index contributed by atoms with van der Waals surface area (Å²) in [6.45, 7) is 4.83. The van der Waals surface area contributed by atoms with Crippen LogP contribution < -0.4 is 14.8 Å². The monoisotopic (exact) mass is 572 g/mol. The third kappa shape index (κ3) is 6.80. The van der Waals surface area contributed by atoms with E-state index in [1.165, 1.54) is 11.1 Å². The zero-order valence-corrected chi connectivity index (χ0v) is 24.1. The Bertz CT molecular complexity index is 1820. The molecule has 5 nitrogen and oxygen atoms in total. The summed E-state index contributed by atoms with van der Waals surface area (Å²) in [5, 5.41) is 15.3. The van der Waals surface area contributed by atoms with Crippen LogP contribution in [0.15, 0.2) is 109 Å². The van der Waals surface area contributed by atoms with Gasteiger partial charge in [0.05, 0.1) is 0 Å². The first-order chi connectivity index (χ1) is 20.4. The summed E-state index contributed by atoms with van der Waals surface area (Å²) in [7, 11) is 0. The van der Waals surface area contributed by atoms with Gasteiger partial charge in [-0.1, -0.05) is 78.3 Å². The predicted molar refractivity (Wildman–Crippen MR) is 169 cm³/mol. The molecule has 0 aliphatic heterocycles. The van der Waals surface area contributed by atoms with Gasteiger partial charge in [0.25, 0.3) is 5.91 Å². The number of hydrogen-bond acceptors (Lipinski definition) is 4. The van der Waals surface area contributed by atoms with E-state index in [1.54, 1.807) is 30.3 Å². The number of benzene rings is 5. The minimum Gasteiger partial charge on any atom is -0.489 e. The molecule has 5 aromatic carbocycles. The average molecular weight is 573 g/mol. The van der Waals surface area contributed by atoms with Crippen molar-refractivity contribution in [1.82, 2.24) is 0 Å². The zero-order valence-electron chi connectivity index (χ0n) is 23.4. The van der Waals surface area contributed by atoms with Crippen molar-refractivity contribution in [3.8, 4) is 17.6 Å². The molecule has 0 aliphatic carbocycles. The van der Waals surface area contributed by atoms with E-state index in [1.807, 2.05) is 66.7 Å². The van der Waals surface area contributed by atoms with E-state index in [-0.39, 0.29) is 5.57 Å². The molecule has 0 atom stereocenters. The highest BCUT2D eigenvalue weighted by Gasteiger charge is 2.14. The second kappa shape index (κ2) is 13.1. The molecule has 0 aromatic heterocycles. The Morgan fingerprint density at radius 3 is 2.38 bits per heavy atom. The Labute approximate surface area is 250 Å². The molecule has 0 heterocycles. The van der Waals surface area contributed by atoms with Crippen molar-refractivity contribution in [3.05, 3.63) is 142 Å². The van der Waals surface area contributed by atoms with Gasteiger partial charge in [-0.25, -0.2) is 0 Å². The van der Waals surface area contributed by atoms with E-state index >= 15 is 0 Å². The molecule has 1 amide bonds. The Hall–Kier alpha value is -5.05. The molecule has 0 saturated heterocycles. The van der Waals surface area contributed by atoms with Crippen molar-refractivity contribution in [1.29, 1.82) is 5.26 Å². The number of aryl methyl sites for hydroxylation is 2. The highest BCUT2D eigenvalue weighted by Crippen LogP contribution is 2.31. The van der Waals surface area contributed by atoms with Crippen LogP contribution in [0.3, 0.4) is 0 Å². The fraction of sp³-hybridized carbons (Fsp3) is 0.111. The lowest BCUT2D eigenvalue weighted by molar-refractivity contribution is -0.112. The fourth-order valence-electron chi connectivity index (χ4n) is 4.51. The largest absolute Gasteiger partial charge is 0.489 e. The number of anilines is 1. The van der Waals surface area contributed by atoms with Gasteiger partial charge in [-0.05, 0) is 83.8 Å². The molecular weight excluding hydrogens is 544 g/mol. The van der Waals surface area contributed by atoms with E-state index < -0.39 is 5.91 Å². The summed E-state index contributed by atoms with van der Waals surface area (Å²) >= 11 is 6.21. The molecule has 0 unspecified atom stereocenters. The molecule has 5 aromatic rings. The van der Waals surface area contributed by atoms with Crippen LogP contribution in [0.1, 0.15) is 27.8 Å². The second-order valence-corrected chi connectivity index (χ2v) is 10.3. The molecule has 208 valence electrons. The van der Waals surface area contributed by atoms with E-state index in [2.05, 4.69) is 37.4 Å². The van der Waals surface area contributed by atoms with Crippen LogP contribution >= 0.6 is 11.6 Å². The van der Waals surface area contributed by atoms with Crippen molar-refractivity contribution < 1.29 is 14.3 Å². The summed E-state index contributed by atoms with van der Waals surface area (Å²) in [4.78, 5) is 13.2. The first kappa shape index (κ1) is 28.5. The van der Waals surface area contributed by atoms with Crippen LogP contribution in [0.25, 0.3) is 16.8 Å². The number of fused-ring (bicyclic) bond motifs is 1. The molecule has 5 rings (SSSR count). The average Bonchev–Trinajstić information content (AvgIpc) is 3.01. The van der Waals surface area contributed by atoms with Crippen LogP contribution in [0.5, 0.6) is 11.5 Å². The Balaban J connectivity index is 1.34. The third-order valence-electron chi connectivity index (χ3n) is 7.01. The van der Waals surface area contributed by atoms with Crippen molar-refractivity contribution >= 4 is 40.0 Å². The van der Waals surface area contributed by atoms with Gasteiger partial charge in [-0.3, -0.25) is 4.79 Å². The lowest BCUT2D eigenvalue weighted by atomic mass is 10.0. The zero-order chi connectivity index (χ0) is 29.5. The summed E-state index contributed by atoms with van der Waals surface area (Å²) < 4.78 is 12.1. The standard InChI is InChI=1S/C36H29ClN2O3/c1-24-11-12-26(19-25(24)2)22-42-35-18-13-27-7-3-5-9-32(27)33(35)20-29(21-38)36(40)39-30-14-16-31(17-15-30)41-23-28-8-4-6-10-34(28)37/h3-20H,22-23H2,1-2H3,(H,39,40)/b29-20+. The Morgan fingerprint density at radius 2 is 1.62 bits per heavy atom. The summed E-state index contributed by atoms with van der Waals surface area (Å²) in [5.74, 6) is 0.702. The summed E-state index contributed by atoms with van der Waals surface area (Å²) in [6, 6.07) is 34.4. The molecule has 0 saturated carbocycles. The number of halogens is 1. The second-order valence-electron chi connectivity index (χ2n) is 9.93. The number of nitriles is 1. The van der Waals surface area contributed by atoms with Crippen LogP contribution in [0.4, 0.5) is 5.69 Å². The smallest absolute Gasteiger partial charge is 0.266 e. The SMILES string of the molecule is Cc1ccc(COc2ccc3ccccc3c2/C=C(\C#N)C(=O)Nc2ccc(OCc3ccccc3Cl)cc2)cc1C. The lowest BCUT2D eigenvalue weighted by Crippen LogP contribution is -2.13. The summed E-state index contributed by atoms with van der Waals surface area (Å²) in [6.07, 6.45) is 1.59. The van der Waals surface area contributed by atoms with Crippen LogP contribution in [0, 0.1) is 25.2 Å². The Morgan fingerprint density at radius 1 is 0.857 bits per heavy atom. The van der Waals surface area contributed by atoms with Gasteiger partial charge in [-0.15, -0.1) is 0 Å². The maximum absolute atomic E-state index is 13.2. The van der Waals surface area contributed by atoms with Gasteiger partial charge in [0.15, 0.2) is 0 Å². The van der Waals surface area contributed by atoms with Gasteiger partial charge in [-0.2, -0.15) is 5.26 Å². The van der Waals surface area contributed by atoms with E-state index in [0.717, 1.165) is 21.9 Å². The van der Waals surface area contributed by atoms with Gasteiger partial charge in [0, 0.05) is 21.8 Å². The highest BCUT2D eigenvalue weighted by molar-refractivity contribution is 6.31. The van der Waals surface area contributed by atoms with Gasteiger partial charge >= 0.3 is 0 Å². The predicted octanol–water partition coefficient (Wildman–Crippen LogP) is 8.81. The molecular formula is C36H29ClN2O3. The molecule has 6 heteroatoms. The molecule has 1 N–H and O–H groups in total. The first-order valence-corrected chi connectivity index (χ1v) is 13.9. The van der Waals surface area contributed by atoms with E-state index in [4.69, 9.17) is 21.1 Å².